The first-order chi connectivity index (χ1) is 8.61. The maximum Gasteiger partial charge on any atom is 0.133 e. The van der Waals surface area contributed by atoms with Crippen molar-refractivity contribution in [1.82, 2.24) is 4.98 Å². The van der Waals surface area contributed by atoms with E-state index >= 15 is 0 Å². The first-order valence-electron chi connectivity index (χ1n) is 5.37. The Morgan fingerprint density at radius 3 is 2.78 bits per heavy atom. The highest BCUT2D eigenvalue weighted by atomic mass is 35.5. The molecule has 0 bridgehead atoms. The summed E-state index contributed by atoms with van der Waals surface area (Å²) >= 11 is 5.87. The van der Waals surface area contributed by atoms with E-state index in [0.29, 0.717) is 22.2 Å². The van der Waals surface area contributed by atoms with Crippen LogP contribution in [0.15, 0.2) is 36.4 Å². The number of rotatable bonds is 3. The Bertz CT molecular complexity index is 562. The Morgan fingerprint density at radius 1 is 1.33 bits per heavy atom. The van der Waals surface area contributed by atoms with Crippen molar-refractivity contribution in [2.75, 3.05) is 11.9 Å². The topological polar surface area (TPSA) is 36.4 Å². The van der Waals surface area contributed by atoms with Crippen LogP contribution >= 0.6 is 11.6 Å². The lowest BCUT2D eigenvalue weighted by atomic mass is 10.2. The van der Waals surface area contributed by atoms with Gasteiger partial charge in [-0.25, -0.2) is 9.37 Å². The summed E-state index contributed by atoms with van der Waals surface area (Å²) in [6.07, 6.45) is 0. The van der Waals surface area contributed by atoms with Gasteiger partial charge >= 0.3 is 0 Å². The largest absolute Gasteiger partial charge is 0.390 e. The molecule has 3 nitrogen and oxygen atoms in total. The minimum atomic E-state index is -0.310. The molecule has 0 saturated heterocycles. The molecule has 0 saturated carbocycles. The van der Waals surface area contributed by atoms with Crippen molar-refractivity contribution in [2.24, 2.45) is 0 Å². The van der Waals surface area contributed by atoms with Gasteiger partial charge in [0.15, 0.2) is 0 Å². The van der Waals surface area contributed by atoms with Crippen LogP contribution < -0.4 is 4.90 Å². The number of hydrogen-bond acceptors (Lipinski definition) is 3. The standard InChI is InChI=1S/C13H12ClFN2O/c1-17(10-4-2-3-9(15)7-10)13-6-5-11(14)12(8-18)16-13/h2-7,18H,8H2,1H3. The highest BCUT2D eigenvalue weighted by molar-refractivity contribution is 6.31. The third-order valence-corrected chi connectivity index (χ3v) is 2.94. The molecule has 1 N–H and O–H groups in total. The molecule has 0 spiro atoms. The maximum absolute atomic E-state index is 13.1. The number of aliphatic hydroxyl groups is 1. The molecule has 1 aromatic carbocycles. The zero-order valence-electron chi connectivity index (χ0n) is 9.77. The van der Waals surface area contributed by atoms with Gasteiger partial charge in [-0.15, -0.1) is 0 Å². The molecule has 1 aromatic heterocycles. The van der Waals surface area contributed by atoms with E-state index in [-0.39, 0.29) is 12.4 Å². The Morgan fingerprint density at radius 2 is 2.11 bits per heavy atom. The molecule has 1 heterocycles. The lowest BCUT2D eigenvalue weighted by molar-refractivity contribution is 0.277. The molecule has 0 fully saturated rings. The van der Waals surface area contributed by atoms with Gasteiger partial charge in [0.05, 0.1) is 17.3 Å². The zero-order valence-corrected chi connectivity index (χ0v) is 10.5. The summed E-state index contributed by atoms with van der Waals surface area (Å²) in [4.78, 5) is 5.94. The molecule has 18 heavy (non-hydrogen) atoms. The number of nitrogens with zero attached hydrogens (tertiary/aromatic N) is 2. The molecule has 0 aliphatic heterocycles. The van der Waals surface area contributed by atoms with E-state index in [1.807, 2.05) is 0 Å². The summed E-state index contributed by atoms with van der Waals surface area (Å²) in [7, 11) is 1.77. The molecule has 5 heteroatoms. The SMILES string of the molecule is CN(c1cccc(F)c1)c1ccc(Cl)c(CO)n1. The number of benzene rings is 1. The van der Waals surface area contributed by atoms with Gasteiger partial charge in [-0.3, -0.25) is 0 Å². The van der Waals surface area contributed by atoms with Crippen molar-refractivity contribution < 1.29 is 9.50 Å². The van der Waals surface area contributed by atoms with E-state index in [9.17, 15) is 4.39 Å². The lowest BCUT2D eigenvalue weighted by Gasteiger charge is -2.19. The number of aromatic nitrogens is 1. The van der Waals surface area contributed by atoms with Gasteiger partial charge in [0.1, 0.15) is 11.6 Å². The van der Waals surface area contributed by atoms with Crippen LogP contribution in [0.25, 0.3) is 0 Å². The van der Waals surface area contributed by atoms with E-state index in [0.717, 1.165) is 0 Å². The van der Waals surface area contributed by atoms with Crippen LogP contribution in [-0.4, -0.2) is 17.1 Å². The van der Waals surface area contributed by atoms with E-state index in [1.165, 1.54) is 12.1 Å². The molecule has 2 aromatic rings. The van der Waals surface area contributed by atoms with Crippen molar-refractivity contribution in [3.8, 4) is 0 Å². The normalized spacial score (nSPS) is 10.4. The van der Waals surface area contributed by atoms with Crippen molar-refractivity contribution in [3.05, 3.63) is 52.9 Å². The molecule has 2 rings (SSSR count). The minimum Gasteiger partial charge on any atom is -0.390 e. The van der Waals surface area contributed by atoms with E-state index in [2.05, 4.69) is 4.98 Å². The van der Waals surface area contributed by atoms with Crippen molar-refractivity contribution in [3.63, 3.8) is 0 Å². The monoisotopic (exact) mass is 266 g/mol. The van der Waals surface area contributed by atoms with Crippen LogP contribution in [0, 0.1) is 5.82 Å². The number of hydrogen-bond donors (Lipinski definition) is 1. The number of halogens is 2. The average Bonchev–Trinajstić information content (AvgIpc) is 2.38. The fourth-order valence-electron chi connectivity index (χ4n) is 1.59. The molecule has 0 amide bonds. The zero-order chi connectivity index (χ0) is 13.1. The van der Waals surface area contributed by atoms with Crippen LogP contribution in [-0.2, 0) is 6.61 Å². The van der Waals surface area contributed by atoms with Crippen LogP contribution in [0.4, 0.5) is 15.9 Å². The average molecular weight is 267 g/mol. The van der Waals surface area contributed by atoms with Gasteiger partial charge in [0.25, 0.3) is 0 Å². The van der Waals surface area contributed by atoms with Crippen LogP contribution in [0.1, 0.15) is 5.69 Å². The van der Waals surface area contributed by atoms with Gasteiger partial charge in [0, 0.05) is 12.7 Å². The Balaban J connectivity index is 2.36. The molecule has 94 valence electrons. The molecule has 0 unspecified atom stereocenters. The van der Waals surface area contributed by atoms with Gasteiger partial charge in [0.2, 0.25) is 0 Å². The van der Waals surface area contributed by atoms with Crippen LogP contribution in [0.5, 0.6) is 0 Å². The van der Waals surface area contributed by atoms with E-state index in [4.69, 9.17) is 16.7 Å². The summed E-state index contributed by atoms with van der Waals surface area (Å²) in [6.45, 7) is -0.232. The number of pyridine rings is 1. The summed E-state index contributed by atoms with van der Waals surface area (Å²) in [5.41, 5.74) is 1.08. The second-order valence-corrected chi connectivity index (χ2v) is 4.20. The minimum absolute atomic E-state index is 0.232. The molecule has 0 aliphatic rings. The fourth-order valence-corrected chi connectivity index (χ4v) is 1.75. The number of aliphatic hydroxyl groups excluding tert-OH is 1. The molecular formula is C13H12ClFN2O. The van der Waals surface area contributed by atoms with Gasteiger partial charge in [-0.05, 0) is 30.3 Å². The van der Waals surface area contributed by atoms with Crippen LogP contribution in [0.2, 0.25) is 5.02 Å². The molecule has 0 atom stereocenters. The first kappa shape index (κ1) is 12.8. The quantitative estimate of drug-likeness (QED) is 0.927. The maximum atomic E-state index is 13.1. The van der Waals surface area contributed by atoms with Gasteiger partial charge < -0.3 is 10.0 Å². The third kappa shape index (κ3) is 2.60. The molecular weight excluding hydrogens is 255 g/mol. The molecule has 0 radical (unpaired) electrons. The van der Waals surface area contributed by atoms with Crippen molar-refractivity contribution >= 4 is 23.1 Å². The number of anilines is 2. The molecule has 0 aliphatic carbocycles. The van der Waals surface area contributed by atoms with E-state index in [1.54, 1.807) is 36.2 Å². The summed E-state index contributed by atoms with van der Waals surface area (Å²) in [6, 6.07) is 9.57. The Hall–Kier alpha value is -1.65. The highest BCUT2D eigenvalue weighted by Gasteiger charge is 2.09. The van der Waals surface area contributed by atoms with Gasteiger partial charge in [-0.2, -0.15) is 0 Å². The Kier molecular flexibility index (Phi) is 3.79. The fraction of sp³-hybridized carbons (Fsp3) is 0.154. The smallest absolute Gasteiger partial charge is 0.133 e. The third-order valence-electron chi connectivity index (χ3n) is 2.59. The Labute approximate surface area is 109 Å². The van der Waals surface area contributed by atoms with Crippen molar-refractivity contribution in [2.45, 2.75) is 6.61 Å². The summed E-state index contributed by atoms with van der Waals surface area (Å²) < 4.78 is 13.1. The van der Waals surface area contributed by atoms with E-state index < -0.39 is 0 Å². The van der Waals surface area contributed by atoms with Crippen molar-refractivity contribution in [1.29, 1.82) is 0 Å². The van der Waals surface area contributed by atoms with Gasteiger partial charge in [-0.1, -0.05) is 17.7 Å². The second kappa shape index (κ2) is 5.33. The highest BCUT2D eigenvalue weighted by Crippen LogP contribution is 2.25. The van der Waals surface area contributed by atoms with Crippen LogP contribution in [0.3, 0.4) is 0 Å². The first-order valence-corrected chi connectivity index (χ1v) is 5.75. The lowest BCUT2D eigenvalue weighted by Crippen LogP contribution is -2.12. The summed E-state index contributed by atoms with van der Waals surface area (Å²) in [5, 5.41) is 9.52. The second-order valence-electron chi connectivity index (χ2n) is 3.79. The summed E-state index contributed by atoms with van der Waals surface area (Å²) in [5.74, 6) is 0.282. The predicted molar refractivity (Wildman–Crippen MR) is 69.6 cm³/mol. The predicted octanol–water partition coefficient (Wildman–Crippen LogP) is 3.13.